The Kier molecular flexibility index (Phi) is 5.81. The average Bonchev–Trinajstić information content (AvgIpc) is 3.35. The first-order valence-corrected chi connectivity index (χ1v) is 12.7. The highest BCUT2D eigenvalue weighted by Gasteiger charge is 2.54. The second kappa shape index (κ2) is 11.9. The molecule has 0 saturated carbocycles. The Morgan fingerprint density at radius 3 is 2.63 bits per heavy atom. The van der Waals surface area contributed by atoms with Gasteiger partial charge in [-0.25, -0.2) is 14.6 Å². The molecule has 1 fully saturated rings. The molecule has 2 aliphatic rings. The molecular weight excluding hydrogens is 538 g/mol. The Balaban J connectivity index is 1.83. The average molecular weight is 577 g/mol. The number of hydrogen-bond acceptors (Lipinski definition) is 12. The molecule has 15 heteroatoms. The minimum atomic E-state index is -4.00. The van der Waals surface area contributed by atoms with Gasteiger partial charge in [0, 0.05) is 29.0 Å². The first-order chi connectivity index (χ1) is 21.6. The van der Waals surface area contributed by atoms with Crippen molar-refractivity contribution in [3.05, 3.63) is 28.4 Å². The van der Waals surface area contributed by atoms with Gasteiger partial charge in [-0.2, -0.15) is 0 Å². The number of nitrogens with one attached hydrogen (secondary N) is 1. The molecule has 0 unspecified atom stereocenters. The van der Waals surface area contributed by atoms with Gasteiger partial charge in [0.25, 0.3) is 11.8 Å². The number of esters is 2. The Bertz CT molecular complexity index is 1470. The third kappa shape index (κ3) is 6.45. The molecular formula is C23H29N5O8S2. The van der Waals surface area contributed by atoms with Gasteiger partial charge in [0.15, 0.2) is 5.13 Å². The highest BCUT2D eigenvalue weighted by Crippen LogP contribution is 2.41. The molecule has 1 aromatic rings. The fourth-order valence-electron chi connectivity index (χ4n) is 3.40. The quantitative estimate of drug-likeness (QED) is 0.166. The fourth-order valence-corrected chi connectivity index (χ4v) is 5.29. The molecule has 0 radical (unpaired) electrons. The number of thiazole rings is 1. The summed E-state index contributed by atoms with van der Waals surface area (Å²) in [5.41, 5.74) is 6.66. The molecule has 0 spiro atoms. The lowest BCUT2D eigenvalue weighted by Crippen LogP contribution is -2.70. The van der Waals surface area contributed by atoms with E-state index in [4.69, 9.17) is 33.3 Å². The van der Waals surface area contributed by atoms with E-state index < -0.39 is 86.3 Å². The second-order valence-corrected chi connectivity index (χ2v) is 9.74. The minimum absolute atomic E-state index is 0.00541. The number of aromatic nitrogens is 1. The molecule has 5 N–H and O–H groups in total. The SMILES string of the molecule is [2H]C([2H])([2H])C(C(=O)OCOC(=O)C1=C(COC(N)=O)CS[C@@H]2[C@H](NC(=O)/C(=C\CC)c3csc(N)n3)C(=O)N12)(C([2H])([2H])[2H])C([2H])([2H])[2H]. The molecule has 3 rings (SSSR count). The number of thioether (sulfide) groups is 1. The Morgan fingerprint density at radius 1 is 1.29 bits per heavy atom. The van der Waals surface area contributed by atoms with Crippen LogP contribution in [-0.2, 0) is 33.4 Å². The predicted octanol–water partition coefficient (Wildman–Crippen LogP) is 1.36. The predicted molar refractivity (Wildman–Crippen MR) is 139 cm³/mol. The Labute approximate surface area is 239 Å². The summed E-state index contributed by atoms with van der Waals surface area (Å²) in [6, 6.07) is -1.15. The van der Waals surface area contributed by atoms with Crippen molar-refractivity contribution < 1.29 is 50.5 Å². The largest absolute Gasteiger partial charge is 0.445 e. The summed E-state index contributed by atoms with van der Waals surface area (Å²) in [5, 5.41) is 3.49. The zero-order valence-corrected chi connectivity index (χ0v) is 21.4. The Hall–Kier alpha value is -3.59. The molecule has 38 heavy (non-hydrogen) atoms. The van der Waals surface area contributed by atoms with Crippen LogP contribution in [0.3, 0.4) is 0 Å². The topological polar surface area (TPSA) is 193 Å². The number of carbonyl (C=O) groups excluding carboxylic acids is 5. The maximum atomic E-state index is 13.3. The van der Waals surface area contributed by atoms with Gasteiger partial charge in [-0.3, -0.25) is 19.3 Å². The van der Waals surface area contributed by atoms with Crippen molar-refractivity contribution >= 4 is 63.6 Å². The summed E-state index contributed by atoms with van der Waals surface area (Å²) < 4.78 is 82.4. The normalized spacial score (nSPS) is 23.8. The number of hydrogen-bond donors (Lipinski definition) is 3. The zero-order valence-electron chi connectivity index (χ0n) is 28.8. The number of nitrogens with zero attached hydrogens (tertiary/aromatic N) is 2. The van der Waals surface area contributed by atoms with E-state index in [0.29, 0.717) is 6.42 Å². The summed E-state index contributed by atoms with van der Waals surface area (Å²) in [5.74, 6) is -5.10. The van der Waals surface area contributed by atoms with Gasteiger partial charge in [-0.1, -0.05) is 13.0 Å². The van der Waals surface area contributed by atoms with Crippen LogP contribution in [0, 0.1) is 5.41 Å². The number of amides is 3. The van der Waals surface area contributed by atoms with E-state index in [1.807, 2.05) is 0 Å². The molecule has 0 bridgehead atoms. The highest BCUT2D eigenvalue weighted by atomic mass is 32.2. The van der Waals surface area contributed by atoms with Gasteiger partial charge in [0.05, 0.1) is 16.7 Å². The standard InChI is InChI=1S/C23H29N5O8S2/c1-5-6-12(13-9-38-21(24)26-13)16(29)27-14-17(30)28-15(11(7-34-22(25)33)8-37-18(14)28)19(31)35-10-36-20(32)23(2,3)4/h6,9,14,18H,5,7-8,10H2,1-4H3,(H2,24,26)(H2,25,33)(H,27,29)/b12-6-/t14-,18-/m1/s1/i2D3,3D3,4D3. The maximum Gasteiger partial charge on any atom is 0.404 e. The van der Waals surface area contributed by atoms with Crippen LogP contribution in [-0.4, -0.2) is 70.3 Å². The van der Waals surface area contributed by atoms with Crippen LogP contribution >= 0.6 is 23.1 Å². The van der Waals surface area contributed by atoms with E-state index in [9.17, 15) is 24.0 Å². The number of ether oxygens (including phenoxy) is 3. The van der Waals surface area contributed by atoms with E-state index in [1.165, 1.54) is 0 Å². The van der Waals surface area contributed by atoms with Gasteiger partial charge in [-0.05, 0) is 27.0 Å². The van der Waals surface area contributed by atoms with Crippen LogP contribution in [0.15, 0.2) is 22.7 Å². The number of rotatable bonds is 9. The lowest BCUT2D eigenvalue weighted by atomic mass is 9.98. The van der Waals surface area contributed by atoms with Crippen LogP contribution in [0.2, 0.25) is 0 Å². The number of carbonyl (C=O) groups is 5. The van der Waals surface area contributed by atoms with Gasteiger partial charge in [0.2, 0.25) is 6.79 Å². The van der Waals surface area contributed by atoms with Crippen LogP contribution < -0.4 is 16.8 Å². The summed E-state index contributed by atoms with van der Waals surface area (Å²) in [4.78, 5) is 68.8. The van der Waals surface area contributed by atoms with Gasteiger partial charge in [-0.15, -0.1) is 23.1 Å². The van der Waals surface area contributed by atoms with Crippen molar-refractivity contribution in [1.82, 2.24) is 15.2 Å². The minimum Gasteiger partial charge on any atom is -0.445 e. The molecule has 206 valence electrons. The van der Waals surface area contributed by atoms with Gasteiger partial charge in [0.1, 0.15) is 23.7 Å². The van der Waals surface area contributed by atoms with Crippen molar-refractivity contribution in [2.24, 2.45) is 11.1 Å². The monoisotopic (exact) mass is 576 g/mol. The number of anilines is 1. The summed E-state index contributed by atoms with van der Waals surface area (Å²) in [6.45, 7) is -12.0. The molecule has 3 amide bonds. The molecule has 1 saturated heterocycles. The van der Waals surface area contributed by atoms with Crippen molar-refractivity contribution in [3.63, 3.8) is 0 Å². The summed E-state index contributed by atoms with van der Waals surface area (Å²) in [7, 11) is 0. The number of allylic oxidation sites excluding steroid dienone is 1. The lowest BCUT2D eigenvalue weighted by Gasteiger charge is -2.49. The van der Waals surface area contributed by atoms with E-state index in [1.54, 1.807) is 18.4 Å². The number of nitrogen functional groups attached to an aromatic ring is 1. The van der Waals surface area contributed by atoms with Crippen molar-refractivity contribution in [3.8, 4) is 0 Å². The van der Waals surface area contributed by atoms with Crippen molar-refractivity contribution in [2.45, 2.75) is 45.3 Å². The lowest BCUT2D eigenvalue weighted by molar-refractivity contribution is -0.173. The molecule has 0 aliphatic carbocycles. The number of fused-ring (bicyclic) bond motifs is 1. The first kappa shape index (κ1) is 18.6. The third-order valence-electron chi connectivity index (χ3n) is 5.05. The van der Waals surface area contributed by atoms with Crippen molar-refractivity contribution in [2.75, 3.05) is 24.9 Å². The smallest absolute Gasteiger partial charge is 0.404 e. The summed E-state index contributed by atoms with van der Waals surface area (Å²) >= 11 is 2.19. The van der Waals surface area contributed by atoms with E-state index in [2.05, 4.69) is 15.0 Å². The number of β-lactam (4-membered cyclic amide) rings is 1. The summed E-state index contributed by atoms with van der Waals surface area (Å²) in [6.07, 6.45) is 0.808. The molecule has 0 aromatic carbocycles. The van der Waals surface area contributed by atoms with Crippen molar-refractivity contribution in [1.29, 1.82) is 0 Å². The fraction of sp³-hybridized carbons (Fsp3) is 0.478. The number of nitrogens with two attached hydrogens (primary N) is 2. The van der Waals surface area contributed by atoms with Gasteiger partial charge >= 0.3 is 18.0 Å². The van der Waals surface area contributed by atoms with E-state index in [0.717, 1.165) is 28.0 Å². The van der Waals surface area contributed by atoms with Gasteiger partial charge < -0.3 is 31.0 Å². The van der Waals surface area contributed by atoms with Crippen LogP contribution in [0.1, 0.15) is 51.9 Å². The molecule has 3 heterocycles. The maximum absolute atomic E-state index is 13.3. The van der Waals surface area contributed by atoms with E-state index >= 15 is 0 Å². The van der Waals surface area contributed by atoms with Crippen LogP contribution in [0.4, 0.5) is 9.93 Å². The Morgan fingerprint density at radius 2 is 2.03 bits per heavy atom. The number of primary amides is 1. The van der Waals surface area contributed by atoms with Crippen LogP contribution in [0.5, 0.6) is 0 Å². The molecule has 1 aromatic heterocycles. The van der Waals surface area contributed by atoms with Crippen LogP contribution in [0.25, 0.3) is 5.57 Å². The molecule has 2 aliphatic heterocycles. The molecule has 2 atom stereocenters. The second-order valence-electron chi connectivity index (χ2n) is 7.75. The highest BCUT2D eigenvalue weighted by molar-refractivity contribution is 8.00. The third-order valence-corrected chi connectivity index (χ3v) is 7.07. The first-order valence-electron chi connectivity index (χ1n) is 15.3. The van der Waals surface area contributed by atoms with E-state index in [-0.39, 0.29) is 27.7 Å². The molecule has 13 nitrogen and oxygen atoms in total. The zero-order chi connectivity index (χ0) is 35.7.